The van der Waals surface area contributed by atoms with Crippen molar-refractivity contribution in [1.29, 1.82) is 0 Å². The standard InChI is InChI=1S/C20H25NO3.C4H7NO3.C4H10/c22-15-4-3-14-9-18-20(24)6-5-16(23)11-19(20,17(14)10-15)7-8-21(18)12-13-1-2-13;1-3(6)5-2-4(7)8;1-4(2)3/h3-4,10,13,18,22,24H,1-2,5-9,11-12H2;2H2,1H3,(H,5,6)(H,7,8);4H,1-3H3. The number of rotatable bonds is 4. The van der Waals surface area contributed by atoms with E-state index in [0.717, 1.165) is 43.3 Å². The number of nitrogens with zero attached hydrogens (tertiary/aromatic N) is 1. The largest absolute Gasteiger partial charge is 0.508 e. The molecule has 0 radical (unpaired) electrons. The lowest BCUT2D eigenvalue weighted by molar-refractivity contribution is -0.173. The molecule has 1 heterocycles. The number of nitrogens with one attached hydrogen (secondary N) is 1. The lowest BCUT2D eigenvalue weighted by Crippen LogP contribution is -2.73. The van der Waals surface area contributed by atoms with Gasteiger partial charge in [-0.3, -0.25) is 19.3 Å². The Hall–Kier alpha value is -2.45. The fraction of sp³-hybridized carbons (Fsp3) is 0.679. The van der Waals surface area contributed by atoms with Crippen LogP contribution in [0.3, 0.4) is 0 Å². The number of carboxylic acids is 1. The van der Waals surface area contributed by atoms with E-state index in [1.54, 1.807) is 6.07 Å². The fourth-order valence-electron chi connectivity index (χ4n) is 5.94. The smallest absolute Gasteiger partial charge is 0.322 e. The number of piperidine rings is 1. The van der Waals surface area contributed by atoms with Gasteiger partial charge >= 0.3 is 5.97 Å². The number of aliphatic carboxylic acids is 1. The lowest BCUT2D eigenvalue weighted by atomic mass is 9.49. The van der Waals surface area contributed by atoms with Crippen LogP contribution in [0.5, 0.6) is 5.75 Å². The van der Waals surface area contributed by atoms with Crippen LogP contribution in [-0.4, -0.2) is 69.2 Å². The zero-order chi connectivity index (χ0) is 26.7. The first kappa shape index (κ1) is 28.1. The van der Waals surface area contributed by atoms with Crippen molar-refractivity contribution in [3.8, 4) is 5.75 Å². The number of carbonyl (C=O) groups is 3. The lowest BCUT2D eigenvalue weighted by Gasteiger charge is -2.63. The van der Waals surface area contributed by atoms with Gasteiger partial charge in [-0.25, -0.2) is 0 Å². The number of Topliss-reactive ketones (excluding diaryl/α,β-unsaturated/α-hetero) is 1. The van der Waals surface area contributed by atoms with Gasteiger partial charge in [-0.1, -0.05) is 26.8 Å². The Morgan fingerprint density at radius 1 is 1.19 bits per heavy atom. The number of amides is 1. The second-order valence-corrected chi connectivity index (χ2v) is 11.5. The molecule has 0 spiro atoms. The number of fused-ring (bicyclic) bond motifs is 1. The van der Waals surface area contributed by atoms with Gasteiger partial charge in [-0.2, -0.15) is 0 Å². The van der Waals surface area contributed by atoms with E-state index in [-0.39, 0.29) is 30.0 Å². The third-order valence-corrected chi connectivity index (χ3v) is 7.63. The first-order valence-electron chi connectivity index (χ1n) is 13.1. The van der Waals surface area contributed by atoms with Gasteiger partial charge in [0.25, 0.3) is 0 Å². The Bertz CT molecular complexity index is 958. The molecule has 2 bridgehead atoms. The van der Waals surface area contributed by atoms with Gasteiger partial charge in [0, 0.05) is 37.8 Å². The van der Waals surface area contributed by atoms with E-state index in [1.165, 1.54) is 25.3 Å². The van der Waals surface area contributed by atoms with Crippen LogP contribution in [0, 0.1) is 11.8 Å². The predicted molar refractivity (Wildman–Crippen MR) is 137 cm³/mol. The van der Waals surface area contributed by atoms with Gasteiger partial charge in [0.15, 0.2) is 0 Å². The molecule has 1 aromatic carbocycles. The van der Waals surface area contributed by atoms with Gasteiger partial charge in [-0.15, -0.1) is 0 Å². The highest BCUT2D eigenvalue weighted by molar-refractivity contribution is 5.82. The quantitative estimate of drug-likeness (QED) is 0.498. The summed E-state index contributed by atoms with van der Waals surface area (Å²) in [5.74, 6) is 0.771. The van der Waals surface area contributed by atoms with Crippen molar-refractivity contribution >= 4 is 17.7 Å². The molecule has 1 amide bonds. The van der Waals surface area contributed by atoms with Crippen molar-refractivity contribution in [3.63, 3.8) is 0 Å². The molecule has 36 heavy (non-hydrogen) atoms. The van der Waals surface area contributed by atoms with E-state index in [2.05, 4.69) is 31.0 Å². The number of hydrogen-bond donors (Lipinski definition) is 4. The van der Waals surface area contributed by atoms with E-state index < -0.39 is 17.0 Å². The zero-order valence-electron chi connectivity index (χ0n) is 22.0. The number of likely N-dealkylation sites (tertiary alicyclic amines) is 1. The van der Waals surface area contributed by atoms with Crippen molar-refractivity contribution in [1.82, 2.24) is 10.2 Å². The Labute approximate surface area is 214 Å². The highest BCUT2D eigenvalue weighted by Gasteiger charge is 2.64. The van der Waals surface area contributed by atoms with E-state index in [1.807, 2.05) is 12.1 Å². The SMILES string of the molecule is CC(=O)NCC(=O)O.CC(C)C.O=C1CCC2(O)C3Cc4ccc(O)cc4C2(CCN3CC2CC2)C1. The second kappa shape index (κ2) is 11.3. The zero-order valence-corrected chi connectivity index (χ0v) is 22.0. The Kier molecular flexibility index (Phi) is 8.83. The molecular formula is C28H42N2O6. The van der Waals surface area contributed by atoms with Crippen LogP contribution in [0.1, 0.15) is 77.3 Å². The second-order valence-electron chi connectivity index (χ2n) is 11.5. The van der Waals surface area contributed by atoms with Gasteiger partial charge in [0.05, 0.1) is 5.60 Å². The summed E-state index contributed by atoms with van der Waals surface area (Å²) in [6, 6.07) is 5.66. The van der Waals surface area contributed by atoms with Gasteiger partial charge in [0.2, 0.25) is 5.91 Å². The van der Waals surface area contributed by atoms with E-state index in [4.69, 9.17) is 5.11 Å². The molecule has 2 saturated carbocycles. The average molecular weight is 503 g/mol. The molecule has 8 heteroatoms. The summed E-state index contributed by atoms with van der Waals surface area (Å²) >= 11 is 0. The molecule has 3 atom stereocenters. The van der Waals surface area contributed by atoms with Crippen LogP contribution in [-0.2, 0) is 26.2 Å². The third-order valence-electron chi connectivity index (χ3n) is 7.63. The molecule has 4 N–H and O–H groups in total. The summed E-state index contributed by atoms with van der Waals surface area (Å²) in [7, 11) is 0. The van der Waals surface area contributed by atoms with Gasteiger partial charge in [0.1, 0.15) is 18.1 Å². The van der Waals surface area contributed by atoms with Crippen LogP contribution in [0.25, 0.3) is 0 Å². The molecule has 0 aromatic heterocycles. The summed E-state index contributed by atoms with van der Waals surface area (Å²) in [5.41, 5.74) is 0.895. The molecule has 3 fully saturated rings. The Morgan fingerprint density at radius 3 is 2.42 bits per heavy atom. The summed E-state index contributed by atoms with van der Waals surface area (Å²) < 4.78 is 0. The molecule has 3 aliphatic carbocycles. The topological polar surface area (TPSA) is 127 Å². The highest BCUT2D eigenvalue weighted by atomic mass is 16.4. The molecule has 5 rings (SSSR count). The minimum absolute atomic E-state index is 0.108. The monoisotopic (exact) mass is 502 g/mol. The van der Waals surface area contributed by atoms with Gasteiger partial charge < -0.3 is 20.6 Å². The van der Waals surface area contributed by atoms with E-state index >= 15 is 0 Å². The fourth-order valence-corrected chi connectivity index (χ4v) is 5.94. The number of phenols is 1. The number of carboxylic acid groups (broad SMARTS) is 1. The maximum Gasteiger partial charge on any atom is 0.322 e. The average Bonchev–Trinajstić information content (AvgIpc) is 3.59. The number of hydrogen-bond acceptors (Lipinski definition) is 6. The summed E-state index contributed by atoms with van der Waals surface area (Å²) in [6.45, 7) is 9.51. The van der Waals surface area contributed by atoms with E-state index in [9.17, 15) is 24.6 Å². The van der Waals surface area contributed by atoms with Crippen LogP contribution >= 0.6 is 0 Å². The Morgan fingerprint density at radius 2 is 1.86 bits per heavy atom. The minimum atomic E-state index is -1.03. The number of ketones is 1. The van der Waals surface area contributed by atoms with Gasteiger partial charge in [-0.05, 0) is 73.7 Å². The number of aromatic hydroxyl groups is 1. The number of aliphatic hydroxyl groups is 1. The van der Waals surface area contributed by atoms with Crippen LogP contribution in [0.2, 0.25) is 0 Å². The molecule has 4 aliphatic rings. The first-order chi connectivity index (χ1) is 16.9. The molecular weight excluding hydrogens is 460 g/mol. The number of benzene rings is 1. The highest BCUT2D eigenvalue weighted by Crippen LogP contribution is 2.58. The van der Waals surface area contributed by atoms with Crippen LogP contribution < -0.4 is 5.32 Å². The van der Waals surface area contributed by atoms with Crippen LogP contribution in [0.4, 0.5) is 0 Å². The molecule has 8 nitrogen and oxygen atoms in total. The summed E-state index contributed by atoms with van der Waals surface area (Å²) in [6.07, 6.45) is 5.75. The Balaban J connectivity index is 0.000000254. The van der Waals surface area contributed by atoms with Crippen molar-refractivity contribution < 1.29 is 29.7 Å². The van der Waals surface area contributed by atoms with Crippen molar-refractivity contribution in [2.75, 3.05) is 19.6 Å². The molecule has 1 aromatic rings. The normalized spacial score (nSPS) is 28.5. The maximum atomic E-state index is 12.3. The van der Waals surface area contributed by atoms with Crippen LogP contribution in [0.15, 0.2) is 18.2 Å². The maximum absolute atomic E-state index is 12.3. The van der Waals surface area contributed by atoms with Crippen molar-refractivity contribution in [2.45, 2.75) is 89.7 Å². The third kappa shape index (κ3) is 6.27. The van der Waals surface area contributed by atoms with E-state index in [0.29, 0.717) is 19.3 Å². The molecule has 3 unspecified atom stereocenters. The molecule has 1 aliphatic heterocycles. The molecule has 200 valence electrons. The summed E-state index contributed by atoms with van der Waals surface area (Å²) in [5, 5.41) is 31.9. The number of carbonyl (C=O) groups excluding carboxylic acids is 2. The summed E-state index contributed by atoms with van der Waals surface area (Å²) in [4.78, 5) is 34.5. The van der Waals surface area contributed by atoms with Crippen molar-refractivity contribution in [2.24, 2.45) is 11.8 Å². The minimum Gasteiger partial charge on any atom is -0.508 e. The van der Waals surface area contributed by atoms with Crippen molar-refractivity contribution in [3.05, 3.63) is 29.3 Å². The molecule has 1 saturated heterocycles. The predicted octanol–water partition coefficient (Wildman–Crippen LogP) is 3.02. The first-order valence-corrected chi connectivity index (χ1v) is 13.1. The number of phenolic OH excluding ortho intramolecular Hbond substituents is 1.